The third-order valence-electron chi connectivity index (χ3n) is 6.46. The van der Waals surface area contributed by atoms with Gasteiger partial charge in [0, 0.05) is 17.1 Å². The highest BCUT2D eigenvalue weighted by molar-refractivity contribution is 5.85. The van der Waals surface area contributed by atoms with Crippen LogP contribution in [0, 0.1) is 5.92 Å². The van der Waals surface area contributed by atoms with Gasteiger partial charge in [0.05, 0.1) is 5.92 Å². The molecule has 0 unspecified atom stereocenters. The maximum atomic E-state index is 11.9. The predicted molar refractivity (Wildman–Crippen MR) is 127 cm³/mol. The lowest BCUT2D eigenvalue weighted by Crippen LogP contribution is -2.33. The molecule has 1 fully saturated rings. The van der Waals surface area contributed by atoms with Crippen molar-refractivity contribution in [2.24, 2.45) is 5.92 Å². The van der Waals surface area contributed by atoms with E-state index in [-0.39, 0.29) is 11.9 Å². The molecule has 0 bridgehead atoms. The number of fused-ring (bicyclic) bond motifs is 1. The van der Waals surface area contributed by atoms with Gasteiger partial charge in [-0.2, -0.15) is 0 Å². The molecule has 4 heteroatoms. The Morgan fingerprint density at radius 2 is 1.87 bits per heavy atom. The Labute approximate surface area is 185 Å². The highest BCUT2D eigenvalue weighted by atomic mass is 16.5. The number of aromatic amines is 1. The number of aryl methyl sites for hydroxylation is 1. The number of piperidine rings is 1. The number of esters is 1. The number of likely N-dealkylation sites (tertiary alicyclic amines) is 1. The maximum absolute atomic E-state index is 11.9. The van der Waals surface area contributed by atoms with Crippen LogP contribution in [0.2, 0.25) is 0 Å². The Morgan fingerprint density at radius 3 is 2.61 bits per heavy atom. The number of unbranched alkanes of at least 4 members (excludes halogenated alkanes) is 1. The van der Waals surface area contributed by atoms with Crippen LogP contribution in [0.15, 0.2) is 54.7 Å². The molecule has 3 aromatic rings. The van der Waals surface area contributed by atoms with Crippen molar-refractivity contribution in [2.75, 3.05) is 19.6 Å². The molecule has 0 radical (unpaired) electrons. The molecule has 31 heavy (non-hydrogen) atoms. The highest BCUT2D eigenvalue weighted by Gasteiger charge is 2.20. The zero-order chi connectivity index (χ0) is 21.6. The summed E-state index contributed by atoms with van der Waals surface area (Å²) in [7, 11) is 0. The fourth-order valence-corrected chi connectivity index (χ4v) is 4.53. The molecule has 4 rings (SSSR count). The van der Waals surface area contributed by atoms with E-state index in [4.69, 9.17) is 4.74 Å². The Hall–Kier alpha value is -2.59. The average molecular weight is 419 g/mol. The topological polar surface area (TPSA) is 45.3 Å². The smallest absolute Gasteiger partial charge is 0.313 e. The summed E-state index contributed by atoms with van der Waals surface area (Å²) in [5, 5.41) is 1.16. The number of ether oxygens (including phenoxy) is 1. The molecule has 1 aromatic heterocycles. The summed E-state index contributed by atoms with van der Waals surface area (Å²) in [4.78, 5) is 17.9. The number of hydrogen-bond donors (Lipinski definition) is 1. The van der Waals surface area contributed by atoms with Gasteiger partial charge in [-0.3, -0.25) is 4.79 Å². The normalized spacial score (nSPS) is 15.6. The fraction of sp³-hybridized carbons (Fsp3) is 0.444. The number of nitrogens with one attached hydrogen (secondary N) is 1. The molecule has 1 saturated heterocycles. The summed E-state index contributed by atoms with van der Waals surface area (Å²) in [6.45, 7) is 7.30. The number of hydrogen-bond acceptors (Lipinski definition) is 3. The lowest BCUT2D eigenvalue weighted by atomic mass is 9.89. The molecule has 2 heterocycles. The summed E-state index contributed by atoms with van der Waals surface area (Å²) < 4.78 is 5.49. The first-order chi connectivity index (χ1) is 15.1. The average Bonchev–Trinajstić information content (AvgIpc) is 3.20. The van der Waals surface area contributed by atoms with Crippen LogP contribution >= 0.6 is 0 Å². The molecular formula is C27H34N2O2. The summed E-state index contributed by atoms with van der Waals surface area (Å²) >= 11 is 0. The van der Waals surface area contributed by atoms with Gasteiger partial charge in [0.1, 0.15) is 5.75 Å². The monoisotopic (exact) mass is 418 g/mol. The van der Waals surface area contributed by atoms with E-state index < -0.39 is 0 Å². The highest BCUT2D eigenvalue weighted by Crippen LogP contribution is 2.28. The SMILES string of the molecule is CC(C)C(=O)Oc1ccc2[nH]cc(CCCCN3CCC(c4ccccc4)CC3)c2c1. The molecule has 1 aliphatic rings. The van der Waals surface area contributed by atoms with Crippen LogP contribution in [0.4, 0.5) is 0 Å². The number of carbonyl (C=O) groups excluding carboxylic acids is 1. The van der Waals surface area contributed by atoms with Gasteiger partial charge < -0.3 is 14.6 Å². The van der Waals surface area contributed by atoms with E-state index in [0.29, 0.717) is 5.75 Å². The minimum atomic E-state index is -0.188. The first kappa shape index (κ1) is 21.6. The van der Waals surface area contributed by atoms with Gasteiger partial charge in [0.25, 0.3) is 0 Å². The van der Waals surface area contributed by atoms with E-state index >= 15 is 0 Å². The number of H-pyrrole nitrogens is 1. The van der Waals surface area contributed by atoms with Crippen molar-refractivity contribution in [1.29, 1.82) is 0 Å². The van der Waals surface area contributed by atoms with Gasteiger partial charge in [-0.15, -0.1) is 0 Å². The Morgan fingerprint density at radius 1 is 1.10 bits per heavy atom. The van der Waals surface area contributed by atoms with Crippen LogP contribution in [-0.4, -0.2) is 35.5 Å². The van der Waals surface area contributed by atoms with Gasteiger partial charge in [0.2, 0.25) is 0 Å². The molecule has 0 aliphatic carbocycles. The van der Waals surface area contributed by atoms with E-state index in [9.17, 15) is 4.79 Å². The number of benzene rings is 2. The molecule has 0 atom stereocenters. The second kappa shape index (κ2) is 10.1. The van der Waals surface area contributed by atoms with Crippen LogP contribution in [0.3, 0.4) is 0 Å². The van der Waals surface area contributed by atoms with Gasteiger partial charge in [-0.1, -0.05) is 44.2 Å². The van der Waals surface area contributed by atoms with Gasteiger partial charge in [-0.05, 0) is 87.0 Å². The minimum Gasteiger partial charge on any atom is -0.426 e. The lowest BCUT2D eigenvalue weighted by molar-refractivity contribution is -0.137. The van der Waals surface area contributed by atoms with Crippen molar-refractivity contribution >= 4 is 16.9 Å². The first-order valence-electron chi connectivity index (χ1n) is 11.7. The van der Waals surface area contributed by atoms with E-state index in [1.165, 1.54) is 56.4 Å². The van der Waals surface area contributed by atoms with Crippen molar-refractivity contribution in [2.45, 2.75) is 51.9 Å². The molecule has 0 spiro atoms. The van der Waals surface area contributed by atoms with Crippen molar-refractivity contribution in [3.8, 4) is 5.75 Å². The van der Waals surface area contributed by atoms with Crippen LogP contribution in [0.5, 0.6) is 5.75 Å². The first-order valence-corrected chi connectivity index (χ1v) is 11.7. The van der Waals surface area contributed by atoms with Crippen LogP contribution in [0.1, 0.15) is 56.6 Å². The van der Waals surface area contributed by atoms with Crippen molar-refractivity contribution in [1.82, 2.24) is 9.88 Å². The molecule has 0 amide bonds. The molecule has 2 aromatic carbocycles. The Bertz CT molecular complexity index is 985. The predicted octanol–water partition coefficient (Wildman–Crippen LogP) is 5.93. The van der Waals surface area contributed by atoms with E-state index in [1.54, 1.807) is 0 Å². The van der Waals surface area contributed by atoms with Crippen LogP contribution in [-0.2, 0) is 11.2 Å². The third-order valence-corrected chi connectivity index (χ3v) is 6.46. The summed E-state index contributed by atoms with van der Waals surface area (Å²) in [5.41, 5.74) is 3.91. The third kappa shape index (κ3) is 5.56. The van der Waals surface area contributed by atoms with E-state index in [0.717, 1.165) is 23.2 Å². The van der Waals surface area contributed by atoms with Crippen molar-refractivity contribution in [3.05, 3.63) is 65.9 Å². The maximum Gasteiger partial charge on any atom is 0.313 e. The quantitative estimate of drug-likeness (QED) is 0.280. The molecule has 0 saturated carbocycles. The molecule has 164 valence electrons. The second-order valence-corrected chi connectivity index (χ2v) is 9.08. The van der Waals surface area contributed by atoms with Gasteiger partial charge in [0.15, 0.2) is 0 Å². The summed E-state index contributed by atoms with van der Waals surface area (Å²) in [6.07, 6.45) is 8.06. The Balaban J connectivity index is 1.24. The fourth-order valence-electron chi connectivity index (χ4n) is 4.53. The van der Waals surface area contributed by atoms with Crippen molar-refractivity contribution in [3.63, 3.8) is 0 Å². The second-order valence-electron chi connectivity index (χ2n) is 9.08. The Kier molecular flexibility index (Phi) is 7.08. The molecule has 1 aliphatic heterocycles. The minimum absolute atomic E-state index is 0.126. The van der Waals surface area contributed by atoms with E-state index in [1.807, 2.05) is 32.0 Å². The van der Waals surface area contributed by atoms with E-state index in [2.05, 4.69) is 46.4 Å². The molecular weight excluding hydrogens is 384 g/mol. The zero-order valence-electron chi connectivity index (χ0n) is 18.8. The van der Waals surface area contributed by atoms with Gasteiger partial charge >= 0.3 is 5.97 Å². The molecule has 4 nitrogen and oxygen atoms in total. The number of rotatable bonds is 8. The zero-order valence-corrected chi connectivity index (χ0v) is 18.8. The number of nitrogens with zero attached hydrogens (tertiary/aromatic N) is 1. The van der Waals surface area contributed by atoms with Crippen LogP contribution in [0.25, 0.3) is 10.9 Å². The van der Waals surface area contributed by atoms with Crippen LogP contribution < -0.4 is 4.74 Å². The van der Waals surface area contributed by atoms with Crippen molar-refractivity contribution < 1.29 is 9.53 Å². The molecule has 1 N–H and O–H groups in total. The summed E-state index contributed by atoms with van der Waals surface area (Å²) in [5.74, 6) is 1.04. The largest absolute Gasteiger partial charge is 0.426 e. The standard InChI is InChI=1S/C27H34N2O2/c1-20(2)27(30)31-24-11-12-26-25(18-24)23(19-28-26)10-6-7-15-29-16-13-22(14-17-29)21-8-4-3-5-9-21/h3-5,8-9,11-12,18-20,22,28H,6-7,10,13-17H2,1-2H3. The number of carbonyl (C=O) groups is 1. The number of aromatic nitrogens is 1. The lowest BCUT2D eigenvalue weighted by Gasteiger charge is -2.32. The van der Waals surface area contributed by atoms with Gasteiger partial charge in [-0.25, -0.2) is 0 Å². The summed E-state index contributed by atoms with van der Waals surface area (Å²) in [6, 6.07) is 16.8.